The van der Waals surface area contributed by atoms with E-state index in [1.54, 1.807) is 36.4 Å². The van der Waals surface area contributed by atoms with Crippen LogP contribution in [0.1, 0.15) is 66.3 Å². The van der Waals surface area contributed by atoms with E-state index in [1.165, 1.54) is 12.0 Å². The first kappa shape index (κ1) is 26.2. The van der Waals surface area contributed by atoms with Crippen LogP contribution in [-0.4, -0.2) is 36.0 Å². The Kier molecular flexibility index (Phi) is 6.54. The number of ether oxygens (including phenoxy) is 2. The van der Waals surface area contributed by atoms with E-state index in [9.17, 15) is 19.5 Å². The Balaban J connectivity index is 1.65. The molecular weight excluding hydrogens is 494 g/mol. The third-order valence-corrected chi connectivity index (χ3v) is 7.27. The molecular formula is C32H31NO6. The summed E-state index contributed by atoms with van der Waals surface area (Å²) >= 11 is 0. The number of Topliss-reactive ketones (excluding diaryl/α,β-unsaturated/α-hetero) is 1. The average molecular weight is 526 g/mol. The molecule has 0 aliphatic carbocycles. The molecule has 1 fully saturated rings. The Morgan fingerprint density at radius 1 is 0.974 bits per heavy atom. The van der Waals surface area contributed by atoms with Crippen LogP contribution in [0, 0.1) is 0 Å². The highest BCUT2D eigenvalue weighted by molar-refractivity contribution is 6.51. The molecule has 0 radical (unpaired) electrons. The second-order valence-corrected chi connectivity index (χ2v) is 11.0. The van der Waals surface area contributed by atoms with Crippen molar-refractivity contribution in [1.82, 2.24) is 0 Å². The molecule has 1 saturated heterocycles. The van der Waals surface area contributed by atoms with Crippen LogP contribution < -0.4 is 9.64 Å². The molecule has 0 saturated carbocycles. The van der Waals surface area contributed by atoms with Gasteiger partial charge < -0.3 is 14.6 Å². The molecule has 7 nitrogen and oxygen atoms in total. The standard InChI is InChI=1S/C32H31NO6/c1-18-16-22-17-21(10-15-25(22)39-18)28(34)26-27(19-6-11-23(12-7-19)32(2,3)4)33(30(36)29(26)35)24-13-8-20(9-14-24)31(37)38-5/h6-15,17-18,27,34H,16H2,1-5H3/b28-26-. The number of esters is 1. The summed E-state index contributed by atoms with van der Waals surface area (Å²) in [7, 11) is 1.29. The van der Waals surface area contributed by atoms with Gasteiger partial charge in [0, 0.05) is 17.7 Å². The number of amides is 1. The lowest BCUT2D eigenvalue weighted by Crippen LogP contribution is -2.29. The summed E-state index contributed by atoms with van der Waals surface area (Å²) in [6, 6.07) is 18.4. The van der Waals surface area contributed by atoms with E-state index in [1.807, 2.05) is 37.3 Å². The quantitative estimate of drug-likeness (QED) is 0.203. The van der Waals surface area contributed by atoms with Crippen molar-refractivity contribution in [3.8, 4) is 5.75 Å². The maximum Gasteiger partial charge on any atom is 0.337 e. The second kappa shape index (κ2) is 9.73. The summed E-state index contributed by atoms with van der Waals surface area (Å²) in [6.07, 6.45) is 0.715. The lowest BCUT2D eigenvalue weighted by molar-refractivity contribution is -0.132. The molecule has 0 aromatic heterocycles. The van der Waals surface area contributed by atoms with Gasteiger partial charge in [-0.15, -0.1) is 0 Å². The molecule has 3 aromatic rings. The number of nitrogens with zero attached hydrogens (tertiary/aromatic N) is 1. The molecule has 2 aliphatic heterocycles. The summed E-state index contributed by atoms with van der Waals surface area (Å²) in [5.74, 6) is -1.54. The number of carbonyl (C=O) groups excluding carboxylic acids is 3. The molecule has 2 heterocycles. The van der Waals surface area contributed by atoms with Crippen molar-refractivity contribution >= 4 is 29.1 Å². The van der Waals surface area contributed by atoms with E-state index < -0.39 is 23.7 Å². The van der Waals surface area contributed by atoms with Crippen LogP contribution in [0.5, 0.6) is 5.75 Å². The predicted molar refractivity (Wildman–Crippen MR) is 148 cm³/mol. The predicted octanol–water partition coefficient (Wildman–Crippen LogP) is 5.72. The molecule has 5 rings (SSSR count). The molecule has 1 N–H and O–H groups in total. The van der Waals surface area contributed by atoms with Crippen molar-refractivity contribution in [1.29, 1.82) is 0 Å². The molecule has 2 unspecified atom stereocenters. The highest BCUT2D eigenvalue weighted by Crippen LogP contribution is 2.43. The zero-order valence-electron chi connectivity index (χ0n) is 22.6. The third-order valence-electron chi connectivity index (χ3n) is 7.27. The van der Waals surface area contributed by atoms with E-state index in [2.05, 4.69) is 20.8 Å². The van der Waals surface area contributed by atoms with Crippen molar-refractivity contribution in [3.05, 3.63) is 100 Å². The Morgan fingerprint density at radius 2 is 1.62 bits per heavy atom. The number of aliphatic hydroxyl groups is 1. The van der Waals surface area contributed by atoms with E-state index in [4.69, 9.17) is 9.47 Å². The Hall–Kier alpha value is -4.39. The molecule has 1 amide bonds. The Bertz CT molecular complexity index is 1500. The molecule has 200 valence electrons. The molecule has 2 aliphatic rings. The molecule has 3 aromatic carbocycles. The number of hydrogen-bond acceptors (Lipinski definition) is 6. The van der Waals surface area contributed by atoms with Crippen LogP contribution in [0.2, 0.25) is 0 Å². The van der Waals surface area contributed by atoms with Gasteiger partial charge >= 0.3 is 5.97 Å². The highest BCUT2D eigenvalue weighted by atomic mass is 16.5. The van der Waals surface area contributed by atoms with E-state index >= 15 is 0 Å². The smallest absolute Gasteiger partial charge is 0.337 e. The lowest BCUT2D eigenvalue weighted by atomic mass is 9.85. The molecule has 2 atom stereocenters. The Morgan fingerprint density at radius 3 is 2.23 bits per heavy atom. The molecule has 0 spiro atoms. The number of aliphatic hydroxyl groups excluding tert-OH is 1. The number of anilines is 1. The number of methoxy groups -OCH3 is 1. The van der Waals surface area contributed by atoms with Crippen molar-refractivity contribution < 1.29 is 29.0 Å². The number of carbonyl (C=O) groups is 3. The first-order chi connectivity index (χ1) is 18.5. The van der Waals surface area contributed by atoms with Gasteiger partial charge in [0.25, 0.3) is 11.7 Å². The Labute approximate surface area is 227 Å². The van der Waals surface area contributed by atoms with Crippen molar-refractivity contribution in [2.24, 2.45) is 0 Å². The maximum absolute atomic E-state index is 13.5. The van der Waals surface area contributed by atoms with Crippen molar-refractivity contribution in [3.63, 3.8) is 0 Å². The normalized spacial score (nSPS) is 20.1. The summed E-state index contributed by atoms with van der Waals surface area (Å²) < 4.78 is 10.6. The van der Waals surface area contributed by atoms with Crippen LogP contribution >= 0.6 is 0 Å². The van der Waals surface area contributed by atoms with Crippen LogP contribution in [-0.2, 0) is 26.2 Å². The van der Waals surface area contributed by atoms with Crippen LogP contribution in [0.25, 0.3) is 5.76 Å². The van der Waals surface area contributed by atoms with E-state index in [0.29, 0.717) is 28.8 Å². The minimum atomic E-state index is -0.869. The summed E-state index contributed by atoms with van der Waals surface area (Å²) in [4.78, 5) is 40.3. The van der Waals surface area contributed by atoms with Crippen LogP contribution in [0.15, 0.2) is 72.3 Å². The van der Waals surface area contributed by atoms with Gasteiger partial charge in [0.15, 0.2) is 0 Å². The molecule has 0 bridgehead atoms. The number of rotatable bonds is 4. The third kappa shape index (κ3) is 4.69. The average Bonchev–Trinajstić information content (AvgIpc) is 3.42. The first-order valence-electron chi connectivity index (χ1n) is 12.9. The molecule has 39 heavy (non-hydrogen) atoms. The van der Waals surface area contributed by atoms with Crippen LogP contribution in [0.3, 0.4) is 0 Å². The fraction of sp³-hybridized carbons (Fsp3) is 0.281. The largest absolute Gasteiger partial charge is 0.507 e. The van der Waals surface area contributed by atoms with Crippen molar-refractivity contribution in [2.45, 2.75) is 51.7 Å². The topological polar surface area (TPSA) is 93.1 Å². The summed E-state index contributed by atoms with van der Waals surface area (Å²) in [6.45, 7) is 8.29. The minimum absolute atomic E-state index is 0.00691. The van der Waals surface area contributed by atoms with Gasteiger partial charge in [-0.25, -0.2) is 4.79 Å². The van der Waals surface area contributed by atoms with Gasteiger partial charge in [0.2, 0.25) is 0 Å². The van der Waals surface area contributed by atoms with Crippen molar-refractivity contribution in [2.75, 3.05) is 12.0 Å². The zero-order valence-corrected chi connectivity index (χ0v) is 22.6. The number of benzene rings is 3. The SMILES string of the molecule is COC(=O)c1ccc(N2C(=O)C(=O)/C(=C(\O)c3ccc4c(c3)CC(C)O4)C2c2ccc(C(C)(C)C)cc2)cc1. The van der Waals surface area contributed by atoms with Gasteiger partial charge in [0.05, 0.1) is 24.3 Å². The molecule has 7 heteroatoms. The van der Waals surface area contributed by atoms with Crippen LogP contribution in [0.4, 0.5) is 5.69 Å². The number of ketones is 1. The first-order valence-corrected chi connectivity index (χ1v) is 12.9. The monoisotopic (exact) mass is 525 g/mol. The summed E-state index contributed by atoms with van der Waals surface area (Å²) in [5.41, 5.74) is 3.81. The lowest BCUT2D eigenvalue weighted by Gasteiger charge is -2.26. The minimum Gasteiger partial charge on any atom is -0.507 e. The number of hydrogen-bond donors (Lipinski definition) is 1. The second-order valence-electron chi connectivity index (χ2n) is 11.0. The fourth-order valence-electron chi connectivity index (χ4n) is 5.18. The maximum atomic E-state index is 13.5. The summed E-state index contributed by atoms with van der Waals surface area (Å²) in [5, 5.41) is 11.5. The van der Waals surface area contributed by atoms with Gasteiger partial charge in [0.1, 0.15) is 17.6 Å². The zero-order chi connectivity index (χ0) is 28.1. The van der Waals surface area contributed by atoms with Gasteiger partial charge in [-0.1, -0.05) is 45.0 Å². The van der Waals surface area contributed by atoms with E-state index in [-0.39, 0.29) is 22.9 Å². The highest BCUT2D eigenvalue weighted by Gasteiger charge is 2.47. The number of fused-ring (bicyclic) bond motifs is 1. The van der Waals surface area contributed by atoms with Gasteiger partial charge in [-0.3, -0.25) is 14.5 Å². The van der Waals surface area contributed by atoms with Gasteiger partial charge in [-0.05, 0) is 71.5 Å². The van der Waals surface area contributed by atoms with Gasteiger partial charge in [-0.2, -0.15) is 0 Å². The van der Waals surface area contributed by atoms with E-state index in [0.717, 1.165) is 16.9 Å². The fourth-order valence-corrected chi connectivity index (χ4v) is 5.18.